The molecule has 2 aliphatic heterocycles. The van der Waals surface area contributed by atoms with Crippen LogP contribution < -0.4 is 4.90 Å². The fraction of sp³-hybridized carbons (Fsp3) is 0.320. The van der Waals surface area contributed by atoms with Crippen molar-refractivity contribution in [2.75, 3.05) is 11.9 Å². The summed E-state index contributed by atoms with van der Waals surface area (Å²) in [4.78, 5) is 26.4. The average Bonchev–Trinajstić information content (AvgIpc) is 3.47. The number of anilines is 1. The molecule has 6 rings (SSSR count). The van der Waals surface area contributed by atoms with Crippen molar-refractivity contribution in [3.8, 4) is 11.3 Å². The number of benzene rings is 1. The van der Waals surface area contributed by atoms with Gasteiger partial charge in [-0.2, -0.15) is 0 Å². The van der Waals surface area contributed by atoms with E-state index in [4.69, 9.17) is 16.6 Å². The number of amides is 1. The third kappa shape index (κ3) is 2.89. The first-order chi connectivity index (χ1) is 15.5. The van der Waals surface area contributed by atoms with Gasteiger partial charge in [-0.1, -0.05) is 41.9 Å². The molecule has 1 aromatic carbocycles. The van der Waals surface area contributed by atoms with Gasteiger partial charge >= 0.3 is 0 Å². The summed E-state index contributed by atoms with van der Waals surface area (Å²) in [6.07, 6.45) is 5.21. The number of aryl methyl sites for hydroxylation is 1. The number of aromatic nitrogens is 2. The first-order valence-corrected chi connectivity index (χ1v) is 11.5. The summed E-state index contributed by atoms with van der Waals surface area (Å²) in [5.41, 5.74) is 5.64. The third-order valence-corrected chi connectivity index (χ3v) is 7.22. The third-order valence-electron chi connectivity index (χ3n) is 6.83. The molecule has 0 saturated heterocycles. The van der Waals surface area contributed by atoms with E-state index in [1.165, 1.54) is 0 Å². The topological polar surface area (TPSA) is 53.7 Å². The first kappa shape index (κ1) is 19.6. The van der Waals surface area contributed by atoms with Crippen molar-refractivity contribution >= 4 is 29.2 Å². The van der Waals surface area contributed by atoms with Crippen molar-refractivity contribution in [3.63, 3.8) is 0 Å². The van der Waals surface area contributed by atoms with Crippen molar-refractivity contribution in [3.05, 3.63) is 70.6 Å². The molecule has 0 spiro atoms. The highest BCUT2D eigenvalue weighted by molar-refractivity contribution is 6.36. The van der Waals surface area contributed by atoms with E-state index in [2.05, 4.69) is 34.1 Å². The predicted octanol–water partition coefficient (Wildman–Crippen LogP) is 4.74. The van der Waals surface area contributed by atoms with E-state index in [9.17, 15) is 4.79 Å². The molecule has 1 fully saturated rings. The number of halogens is 1. The molecule has 3 aliphatic rings. The van der Waals surface area contributed by atoms with Crippen LogP contribution in [0, 0.1) is 6.92 Å². The van der Waals surface area contributed by atoms with E-state index in [1.54, 1.807) is 11.9 Å². The summed E-state index contributed by atoms with van der Waals surface area (Å²) in [6, 6.07) is 15.0. The lowest BCUT2D eigenvalue weighted by Gasteiger charge is -2.35. The Hall–Kier alpha value is -3.12. The largest absolute Gasteiger partial charge is 0.332 e. The molecule has 1 saturated carbocycles. The second-order valence-corrected chi connectivity index (χ2v) is 9.26. The van der Waals surface area contributed by atoms with Gasteiger partial charge < -0.3 is 9.47 Å². The maximum atomic E-state index is 13.1. The highest BCUT2D eigenvalue weighted by atomic mass is 35.5. The van der Waals surface area contributed by atoms with E-state index in [0.717, 1.165) is 53.4 Å². The normalized spacial score (nSPS) is 21.5. The number of carbonyl (C=O) groups excluding carboxylic acids is 1. The Morgan fingerprint density at radius 3 is 2.72 bits per heavy atom. The number of hydrogen-bond acceptors (Lipinski definition) is 4. The standard InChI is InChI=1S/C25H24ClN5O/c1-15-5-3-6-19(27-15)17-11-9-16(10-12-17)13-30-14-18-22(23(30)26)31-21-8-4-7-20(21)28-25(31)29(2)24(18)32/h3,5-6,9-12,14,20-21H,4,7-8,13H2,1-2H3/t20-,21+/m1/s1. The minimum absolute atomic E-state index is 0.0449. The zero-order valence-corrected chi connectivity index (χ0v) is 18.9. The number of aliphatic imine (C=N–C) groups is 1. The highest BCUT2D eigenvalue weighted by Crippen LogP contribution is 2.44. The second-order valence-electron chi connectivity index (χ2n) is 8.90. The van der Waals surface area contributed by atoms with Crippen LogP contribution >= 0.6 is 11.6 Å². The van der Waals surface area contributed by atoms with Crippen molar-refractivity contribution in [2.45, 2.75) is 44.8 Å². The summed E-state index contributed by atoms with van der Waals surface area (Å²) in [5.74, 6) is 0.698. The predicted molar refractivity (Wildman–Crippen MR) is 126 cm³/mol. The van der Waals surface area contributed by atoms with Crippen LogP contribution in [0.1, 0.15) is 40.9 Å². The van der Waals surface area contributed by atoms with E-state index >= 15 is 0 Å². The molecule has 1 amide bonds. The molecule has 7 heteroatoms. The van der Waals surface area contributed by atoms with E-state index in [1.807, 2.05) is 35.9 Å². The molecule has 162 valence electrons. The Morgan fingerprint density at radius 1 is 1.12 bits per heavy atom. The SMILES string of the molecule is Cc1cccc(-c2ccc(Cn3cc4c(c3Cl)N3C(=N[C@@H]5CCC[C@@H]53)N(C)C4=O)cc2)n1. The van der Waals surface area contributed by atoms with Crippen molar-refractivity contribution < 1.29 is 4.79 Å². The van der Waals surface area contributed by atoms with Crippen LogP contribution in [-0.2, 0) is 6.54 Å². The molecular weight excluding hydrogens is 422 g/mol. The van der Waals surface area contributed by atoms with Gasteiger partial charge in [0, 0.05) is 31.0 Å². The maximum Gasteiger partial charge on any atom is 0.264 e. The van der Waals surface area contributed by atoms with Gasteiger partial charge in [-0.05, 0) is 43.9 Å². The average molecular weight is 446 g/mol. The van der Waals surface area contributed by atoms with Gasteiger partial charge in [0.05, 0.1) is 29.0 Å². The molecular formula is C25H24ClN5O. The van der Waals surface area contributed by atoms with Crippen LogP contribution in [0.25, 0.3) is 11.3 Å². The maximum absolute atomic E-state index is 13.1. The van der Waals surface area contributed by atoms with E-state index < -0.39 is 0 Å². The number of hydrogen-bond donors (Lipinski definition) is 0. The monoisotopic (exact) mass is 445 g/mol. The molecule has 1 aliphatic carbocycles. The summed E-state index contributed by atoms with van der Waals surface area (Å²) in [5, 5.41) is 0.603. The number of nitrogens with zero attached hydrogens (tertiary/aromatic N) is 5. The van der Waals surface area contributed by atoms with E-state index in [0.29, 0.717) is 23.3 Å². The minimum Gasteiger partial charge on any atom is -0.332 e. The lowest BCUT2D eigenvalue weighted by Crippen LogP contribution is -2.50. The first-order valence-electron chi connectivity index (χ1n) is 11.1. The van der Waals surface area contributed by atoms with Crippen LogP contribution in [0.15, 0.2) is 53.7 Å². The van der Waals surface area contributed by atoms with Crippen LogP contribution in [0.2, 0.25) is 5.15 Å². The Kier molecular flexibility index (Phi) is 4.40. The van der Waals surface area contributed by atoms with Crippen molar-refractivity contribution in [1.82, 2.24) is 14.5 Å². The molecule has 0 unspecified atom stereocenters. The minimum atomic E-state index is -0.0449. The van der Waals surface area contributed by atoms with Gasteiger partial charge in [0.2, 0.25) is 5.96 Å². The number of pyridine rings is 1. The highest BCUT2D eigenvalue weighted by Gasteiger charge is 2.48. The van der Waals surface area contributed by atoms with Crippen molar-refractivity contribution in [2.24, 2.45) is 4.99 Å². The Labute approximate surface area is 192 Å². The molecule has 6 nitrogen and oxygen atoms in total. The Bertz CT molecular complexity index is 1260. The Morgan fingerprint density at radius 2 is 1.94 bits per heavy atom. The lowest BCUT2D eigenvalue weighted by atomic mass is 10.1. The second kappa shape index (κ2) is 7.20. The van der Waals surface area contributed by atoms with Gasteiger partial charge in [0.1, 0.15) is 5.15 Å². The quantitative estimate of drug-likeness (QED) is 0.585. The molecule has 32 heavy (non-hydrogen) atoms. The van der Waals surface area contributed by atoms with Crippen molar-refractivity contribution in [1.29, 1.82) is 0 Å². The summed E-state index contributed by atoms with van der Waals surface area (Å²) in [7, 11) is 1.81. The Balaban J connectivity index is 1.33. The number of fused-ring (bicyclic) bond motifs is 5. The van der Waals surface area contributed by atoms with Gasteiger partial charge in [-0.25, -0.2) is 4.99 Å². The fourth-order valence-corrected chi connectivity index (χ4v) is 5.52. The summed E-state index contributed by atoms with van der Waals surface area (Å²) >= 11 is 6.89. The molecule has 0 N–H and O–H groups in total. The van der Waals surface area contributed by atoms with Crippen LogP contribution in [0.4, 0.5) is 5.69 Å². The van der Waals surface area contributed by atoms with Gasteiger partial charge in [0.15, 0.2) is 0 Å². The van der Waals surface area contributed by atoms with Crippen LogP contribution in [-0.4, -0.2) is 45.4 Å². The van der Waals surface area contributed by atoms with Gasteiger partial charge in [-0.15, -0.1) is 0 Å². The smallest absolute Gasteiger partial charge is 0.264 e. The van der Waals surface area contributed by atoms with Crippen LogP contribution in [0.3, 0.4) is 0 Å². The van der Waals surface area contributed by atoms with E-state index in [-0.39, 0.29) is 11.9 Å². The summed E-state index contributed by atoms with van der Waals surface area (Å²) in [6.45, 7) is 2.59. The molecule has 2 aromatic heterocycles. The molecule has 4 heterocycles. The zero-order chi connectivity index (χ0) is 22.0. The zero-order valence-electron chi connectivity index (χ0n) is 18.1. The molecule has 3 aromatic rings. The molecule has 2 atom stereocenters. The molecule has 0 radical (unpaired) electrons. The molecule has 0 bridgehead atoms. The fourth-order valence-electron chi connectivity index (χ4n) is 5.22. The van der Waals surface area contributed by atoms with Gasteiger partial charge in [0.25, 0.3) is 5.91 Å². The van der Waals surface area contributed by atoms with Crippen LogP contribution in [0.5, 0.6) is 0 Å². The summed E-state index contributed by atoms with van der Waals surface area (Å²) < 4.78 is 1.98. The number of carbonyl (C=O) groups is 1. The van der Waals surface area contributed by atoms with Gasteiger partial charge in [-0.3, -0.25) is 14.7 Å². The lowest BCUT2D eigenvalue weighted by molar-refractivity contribution is 0.0865. The number of rotatable bonds is 3. The number of guanidine groups is 1.